The lowest BCUT2D eigenvalue weighted by Gasteiger charge is -2.26. The number of hydrogen-bond donors (Lipinski definition) is 1. The van der Waals surface area contributed by atoms with Gasteiger partial charge in [0.25, 0.3) is 0 Å². The number of aromatic nitrogens is 1. The minimum absolute atomic E-state index is 0.0626. The topological polar surface area (TPSA) is 68.1 Å². The largest absolute Gasteiger partial charge is 0.364 e. The number of aryl methyl sites for hydroxylation is 1. The van der Waals surface area contributed by atoms with Crippen molar-refractivity contribution in [2.75, 3.05) is 11.9 Å². The number of hydrogen-bond acceptors (Lipinski definition) is 4. The number of rotatable bonds is 5. The lowest BCUT2D eigenvalue weighted by molar-refractivity contribution is -0.384. The molecule has 0 spiro atoms. The van der Waals surface area contributed by atoms with Gasteiger partial charge in [-0.1, -0.05) is 26.2 Å². The van der Waals surface area contributed by atoms with Crippen LogP contribution in [-0.2, 0) is 0 Å². The Morgan fingerprint density at radius 1 is 1.45 bits per heavy atom. The van der Waals surface area contributed by atoms with Gasteiger partial charge in [-0.2, -0.15) is 0 Å². The summed E-state index contributed by atoms with van der Waals surface area (Å²) < 4.78 is 0. The molecule has 1 saturated carbocycles. The smallest absolute Gasteiger partial charge is 0.311 e. The van der Waals surface area contributed by atoms with Gasteiger partial charge in [0.1, 0.15) is 0 Å². The predicted molar refractivity (Wildman–Crippen MR) is 79.9 cm³/mol. The van der Waals surface area contributed by atoms with Crippen LogP contribution in [0, 0.1) is 28.9 Å². The number of nitrogens with zero attached hydrogens (tertiary/aromatic N) is 2. The molecule has 5 heteroatoms. The van der Waals surface area contributed by atoms with Crippen LogP contribution in [0.15, 0.2) is 12.1 Å². The fourth-order valence-corrected chi connectivity index (χ4v) is 3.04. The quantitative estimate of drug-likeness (QED) is 0.654. The van der Waals surface area contributed by atoms with Crippen LogP contribution in [0.25, 0.3) is 0 Å². The zero-order chi connectivity index (χ0) is 14.5. The van der Waals surface area contributed by atoms with E-state index in [4.69, 9.17) is 0 Å². The highest BCUT2D eigenvalue weighted by molar-refractivity contribution is 5.55. The van der Waals surface area contributed by atoms with E-state index in [9.17, 15) is 10.1 Å². The fourth-order valence-electron chi connectivity index (χ4n) is 3.04. The molecule has 1 aromatic heterocycles. The van der Waals surface area contributed by atoms with Crippen LogP contribution in [0.3, 0.4) is 0 Å². The average Bonchev–Trinajstić information content (AvgIpc) is 2.38. The average molecular weight is 277 g/mol. The Bertz CT molecular complexity index is 476. The van der Waals surface area contributed by atoms with Crippen molar-refractivity contribution in [3.63, 3.8) is 0 Å². The van der Waals surface area contributed by atoms with Crippen molar-refractivity contribution in [2.45, 2.75) is 46.0 Å². The first kappa shape index (κ1) is 14.8. The minimum Gasteiger partial charge on any atom is -0.364 e. The van der Waals surface area contributed by atoms with Crippen LogP contribution in [0.2, 0.25) is 0 Å². The molecule has 1 N–H and O–H groups in total. The van der Waals surface area contributed by atoms with Crippen LogP contribution in [-0.4, -0.2) is 16.5 Å². The summed E-state index contributed by atoms with van der Waals surface area (Å²) in [6.45, 7) is 4.92. The second-order valence-electron chi connectivity index (χ2n) is 5.93. The first-order valence-electron chi connectivity index (χ1n) is 7.42. The summed E-state index contributed by atoms with van der Waals surface area (Å²) >= 11 is 0. The second-order valence-corrected chi connectivity index (χ2v) is 5.93. The van der Waals surface area contributed by atoms with E-state index in [0.717, 1.165) is 30.5 Å². The summed E-state index contributed by atoms with van der Waals surface area (Å²) in [6, 6.07) is 3.19. The first-order chi connectivity index (χ1) is 9.56. The maximum absolute atomic E-state index is 11.0. The van der Waals surface area contributed by atoms with E-state index in [1.54, 1.807) is 6.07 Å². The molecule has 2 unspecified atom stereocenters. The predicted octanol–water partition coefficient (Wildman–Crippen LogP) is 3.93. The summed E-state index contributed by atoms with van der Waals surface area (Å²) in [5.41, 5.74) is 0.858. The van der Waals surface area contributed by atoms with E-state index in [1.165, 1.54) is 31.7 Å². The molecule has 0 amide bonds. The molecule has 0 saturated heterocycles. The number of nitrogens with one attached hydrogen (secondary N) is 1. The molecule has 0 aromatic carbocycles. The van der Waals surface area contributed by atoms with Crippen LogP contribution in [0.4, 0.5) is 11.5 Å². The van der Waals surface area contributed by atoms with E-state index >= 15 is 0 Å². The monoisotopic (exact) mass is 277 g/mol. The Labute approximate surface area is 119 Å². The third-order valence-electron chi connectivity index (χ3n) is 4.10. The third-order valence-corrected chi connectivity index (χ3v) is 4.10. The number of pyridine rings is 1. The van der Waals surface area contributed by atoms with Crippen LogP contribution < -0.4 is 5.32 Å². The van der Waals surface area contributed by atoms with Crippen molar-refractivity contribution in [3.8, 4) is 0 Å². The van der Waals surface area contributed by atoms with Crippen LogP contribution in [0.5, 0.6) is 0 Å². The van der Waals surface area contributed by atoms with E-state index in [2.05, 4.69) is 17.2 Å². The van der Waals surface area contributed by atoms with Gasteiger partial charge in [0.15, 0.2) is 0 Å². The van der Waals surface area contributed by atoms with Crippen molar-refractivity contribution in [3.05, 3.63) is 27.9 Å². The highest BCUT2D eigenvalue weighted by atomic mass is 16.6. The molecular formula is C15H23N3O2. The van der Waals surface area contributed by atoms with Gasteiger partial charge >= 0.3 is 5.69 Å². The summed E-state index contributed by atoms with van der Waals surface area (Å²) in [5, 5.41) is 14.1. The minimum atomic E-state index is -0.378. The normalized spacial score (nSPS) is 22.5. The zero-order valence-corrected chi connectivity index (χ0v) is 12.3. The molecule has 1 aliphatic carbocycles. The molecular weight excluding hydrogens is 254 g/mol. The standard InChI is InChI=1S/C15H23N3O2/c1-11-4-3-5-13(10-11)8-9-16-15-14(18(19)20)7-6-12(2)17-15/h6-7,11,13H,3-5,8-10H2,1-2H3,(H,16,17). The molecule has 20 heavy (non-hydrogen) atoms. The molecule has 1 aliphatic rings. The lowest BCUT2D eigenvalue weighted by Crippen LogP contribution is -2.17. The zero-order valence-electron chi connectivity index (χ0n) is 12.3. The number of nitro groups is 1. The Morgan fingerprint density at radius 2 is 2.25 bits per heavy atom. The SMILES string of the molecule is Cc1ccc([N+](=O)[O-])c(NCCC2CCCC(C)C2)n1. The molecule has 5 nitrogen and oxygen atoms in total. The molecule has 1 fully saturated rings. The van der Waals surface area contributed by atoms with Gasteiger partial charge in [0.05, 0.1) is 4.92 Å². The highest BCUT2D eigenvalue weighted by Gasteiger charge is 2.19. The van der Waals surface area contributed by atoms with Gasteiger partial charge in [-0.3, -0.25) is 10.1 Å². The van der Waals surface area contributed by atoms with Crippen molar-refractivity contribution in [2.24, 2.45) is 11.8 Å². The first-order valence-corrected chi connectivity index (χ1v) is 7.42. The third kappa shape index (κ3) is 3.92. The van der Waals surface area contributed by atoms with Crippen molar-refractivity contribution >= 4 is 11.5 Å². The fraction of sp³-hybridized carbons (Fsp3) is 0.667. The van der Waals surface area contributed by atoms with Crippen LogP contribution in [0.1, 0.15) is 44.7 Å². The van der Waals surface area contributed by atoms with E-state index in [-0.39, 0.29) is 10.6 Å². The maximum atomic E-state index is 11.0. The molecule has 2 atom stereocenters. The Morgan fingerprint density at radius 3 is 2.95 bits per heavy atom. The molecule has 2 rings (SSSR count). The van der Waals surface area contributed by atoms with Gasteiger partial charge in [0, 0.05) is 18.3 Å². The van der Waals surface area contributed by atoms with Crippen molar-refractivity contribution in [1.29, 1.82) is 0 Å². The summed E-state index contributed by atoms with van der Waals surface area (Å²) in [4.78, 5) is 14.8. The summed E-state index contributed by atoms with van der Waals surface area (Å²) in [5.74, 6) is 1.97. The molecule has 1 heterocycles. The van der Waals surface area contributed by atoms with E-state index < -0.39 is 0 Å². The van der Waals surface area contributed by atoms with Gasteiger partial charge < -0.3 is 5.32 Å². The second kappa shape index (κ2) is 6.68. The Kier molecular flexibility index (Phi) is 4.93. The summed E-state index contributed by atoms with van der Waals surface area (Å²) in [7, 11) is 0. The Balaban J connectivity index is 1.90. The van der Waals surface area contributed by atoms with E-state index in [0.29, 0.717) is 5.82 Å². The Hall–Kier alpha value is -1.65. The van der Waals surface area contributed by atoms with Crippen molar-refractivity contribution < 1.29 is 4.92 Å². The summed E-state index contributed by atoms with van der Waals surface area (Å²) in [6.07, 6.45) is 6.29. The molecule has 0 bridgehead atoms. The molecule has 0 aliphatic heterocycles. The van der Waals surface area contributed by atoms with Crippen molar-refractivity contribution in [1.82, 2.24) is 4.98 Å². The van der Waals surface area contributed by atoms with Gasteiger partial charge in [-0.05, 0) is 37.7 Å². The maximum Gasteiger partial charge on any atom is 0.311 e. The van der Waals surface area contributed by atoms with Gasteiger partial charge in [0.2, 0.25) is 5.82 Å². The van der Waals surface area contributed by atoms with Crippen LogP contribution >= 0.6 is 0 Å². The highest BCUT2D eigenvalue weighted by Crippen LogP contribution is 2.31. The lowest BCUT2D eigenvalue weighted by atomic mass is 9.81. The van der Waals surface area contributed by atoms with Gasteiger partial charge in [-0.15, -0.1) is 0 Å². The number of anilines is 1. The molecule has 1 aromatic rings. The molecule has 0 radical (unpaired) electrons. The van der Waals surface area contributed by atoms with E-state index in [1.807, 2.05) is 6.92 Å². The molecule has 110 valence electrons. The van der Waals surface area contributed by atoms with Gasteiger partial charge in [-0.25, -0.2) is 4.98 Å².